The van der Waals surface area contributed by atoms with E-state index in [1.54, 1.807) is 12.1 Å². The Morgan fingerprint density at radius 2 is 2.00 bits per heavy atom. The van der Waals surface area contributed by atoms with Crippen LogP contribution < -0.4 is 10.1 Å². The summed E-state index contributed by atoms with van der Waals surface area (Å²) in [4.78, 5) is 25.6. The maximum Gasteiger partial charge on any atom is 0.325 e. The first-order valence-electron chi connectivity index (χ1n) is 8.09. The lowest BCUT2D eigenvalue weighted by molar-refractivity contribution is -0.128. The van der Waals surface area contributed by atoms with Crippen LogP contribution in [0.4, 0.5) is 9.18 Å². The van der Waals surface area contributed by atoms with Gasteiger partial charge in [0.25, 0.3) is 5.91 Å². The Hall–Kier alpha value is -1.87. The number of amides is 3. The van der Waals surface area contributed by atoms with E-state index in [0.29, 0.717) is 15.6 Å². The molecule has 2 aromatic carbocycles. The van der Waals surface area contributed by atoms with Gasteiger partial charge >= 0.3 is 6.03 Å². The van der Waals surface area contributed by atoms with Crippen LogP contribution in [0.2, 0.25) is 10.0 Å². The second-order valence-electron chi connectivity index (χ2n) is 6.04. The van der Waals surface area contributed by atoms with E-state index < -0.39 is 29.9 Å². The number of carbonyl (C=O) groups is 2. The maximum atomic E-state index is 13.4. The number of β-amino-alcohol motifs (C(OH)–C–C–N with tert-alkyl or cyclic N) is 1. The summed E-state index contributed by atoms with van der Waals surface area (Å²) >= 11 is 14.9. The molecule has 2 atom stereocenters. The quantitative estimate of drug-likeness (QED) is 0.600. The number of benzene rings is 2. The van der Waals surface area contributed by atoms with E-state index in [-0.39, 0.29) is 23.4 Å². The van der Waals surface area contributed by atoms with Gasteiger partial charge < -0.3 is 15.2 Å². The molecule has 1 saturated heterocycles. The lowest BCUT2D eigenvalue weighted by atomic mass is 10.1. The zero-order valence-electron chi connectivity index (χ0n) is 14.2. The lowest BCUT2D eigenvalue weighted by Crippen LogP contribution is -2.39. The van der Waals surface area contributed by atoms with Crippen molar-refractivity contribution in [3.63, 3.8) is 0 Å². The molecule has 0 bridgehead atoms. The molecule has 1 aliphatic heterocycles. The number of carbonyl (C=O) groups excluding carboxylic acids is 2. The van der Waals surface area contributed by atoms with E-state index in [4.69, 9.17) is 27.9 Å². The van der Waals surface area contributed by atoms with Gasteiger partial charge in [0.05, 0.1) is 16.0 Å². The normalized spacial score (nSPS) is 17.6. The summed E-state index contributed by atoms with van der Waals surface area (Å²) in [6.07, 6.45) is -1.15. The minimum atomic E-state index is -1.15. The van der Waals surface area contributed by atoms with Crippen LogP contribution in [0.1, 0.15) is 11.6 Å². The van der Waals surface area contributed by atoms with Gasteiger partial charge in [-0.2, -0.15) is 0 Å². The first-order valence-corrected chi connectivity index (χ1v) is 9.64. The molecule has 0 aliphatic carbocycles. The Balaban J connectivity index is 1.63. The standard InChI is InChI=1S/C18H14BrCl2FN2O4/c19-12-5-9(1-4-14(12)22)16-17(26)24(18(27)23-16)7-11(25)8-28-15-6-10(20)2-3-13(15)21/h1-6,11,16,25H,7-8H2,(H,23,27)/t11-,16-/m0/s1. The fourth-order valence-corrected chi connectivity index (χ4v) is 3.38. The summed E-state index contributed by atoms with van der Waals surface area (Å²) in [7, 11) is 0. The number of rotatable bonds is 6. The van der Waals surface area contributed by atoms with Crippen LogP contribution in [0.15, 0.2) is 40.9 Å². The number of aliphatic hydroxyl groups is 1. The molecule has 0 spiro atoms. The number of halogens is 4. The maximum absolute atomic E-state index is 13.4. The second-order valence-corrected chi connectivity index (χ2v) is 7.74. The first kappa shape index (κ1) is 20.9. The van der Waals surface area contributed by atoms with Crippen LogP contribution >= 0.6 is 39.1 Å². The van der Waals surface area contributed by atoms with Crippen molar-refractivity contribution >= 4 is 51.1 Å². The summed E-state index contributed by atoms with van der Waals surface area (Å²) in [5.41, 5.74) is 0.422. The van der Waals surface area contributed by atoms with Crippen molar-refractivity contribution in [2.24, 2.45) is 0 Å². The molecule has 0 unspecified atom stereocenters. The smallest absolute Gasteiger partial charge is 0.325 e. The zero-order chi connectivity index (χ0) is 20.4. The number of imide groups is 1. The van der Waals surface area contributed by atoms with Gasteiger partial charge in [-0.25, -0.2) is 9.18 Å². The number of hydrogen-bond acceptors (Lipinski definition) is 4. The van der Waals surface area contributed by atoms with E-state index in [1.807, 2.05) is 0 Å². The summed E-state index contributed by atoms with van der Waals surface area (Å²) in [6, 6.07) is 7.04. The molecule has 2 aromatic rings. The molecule has 0 aromatic heterocycles. The second kappa shape index (κ2) is 8.65. The van der Waals surface area contributed by atoms with Gasteiger partial charge in [0.1, 0.15) is 30.3 Å². The van der Waals surface area contributed by atoms with Crippen LogP contribution in [0.5, 0.6) is 5.75 Å². The Kier molecular flexibility index (Phi) is 6.44. The van der Waals surface area contributed by atoms with Crippen LogP contribution in [-0.2, 0) is 4.79 Å². The highest BCUT2D eigenvalue weighted by atomic mass is 79.9. The van der Waals surface area contributed by atoms with Gasteiger partial charge in [0, 0.05) is 11.1 Å². The van der Waals surface area contributed by atoms with Crippen molar-refractivity contribution in [1.82, 2.24) is 10.2 Å². The molecule has 2 N–H and O–H groups in total. The number of hydrogen-bond donors (Lipinski definition) is 2. The van der Waals surface area contributed by atoms with Crippen LogP contribution in [0, 0.1) is 5.82 Å². The predicted molar refractivity (Wildman–Crippen MR) is 105 cm³/mol. The van der Waals surface area contributed by atoms with Gasteiger partial charge in [-0.3, -0.25) is 9.69 Å². The fourth-order valence-electron chi connectivity index (χ4n) is 2.65. The molecule has 3 rings (SSSR count). The van der Waals surface area contributed by atoms with Crippen molar-refractivity contribution in [2.75, 3.05) is 13.2 Å². The molecule has 28 heavy (non-hydrogen) atoms. The van der Waals surface area contributed by atoms with Crippen molar-refractivity contribution in [2.45, 2.75) is 12.1 Å². The fraction of sp³-hybridized carbons (Fsp3) is 0.222. The number of nitrogens with zero attached hydrogens (tertiary/aromatic N) is 1. The molecule has 6 nitrogen and oxygen atoms in total. The van der Waals surface area contributed by atoms with Gasteiger partial charge in [-0.1, -0.05) is 29.3 Å². The van der Waals surface area contributed by atoms with Crippen molar-refractivity contribution < 1.29 is 23.8 Å². The summed E-state index contributed by atoms with van der Waals surface area (Å²) in [6.45, 7) is -0.481. The molecule has 3 amide bonds. The molecule has 10 heteroatoms. The summed E-state index contributed by atoms with van der Waals surface area (Å²) in [5.74, 6) is -0.757. The molecular formula is C18H14BrCl2FN2O4. The highest BCUT2D eigenvalue weighted by Crippen LogP contribution is 2.28. The van der Waals surface area contributed by atoms with E-state index >= 15 is 0 Å². The Morgan fingerprint density at radius 1 is 1.25 bits per heavy atom. The van der Waals surface area contributed by atoms with Crippen molar-refractivity contribution in [1.29, 1.82) is 0 Å². The monoisotopic (exact) mass is 490 g/mol. The Labute approximate surface area is 178 Å². The summed E-state index contributed by atoms with van der Waals surface area (Å²) in [5, 5.41) is 13.4. The van der Waals surface area contributed by atoms with Gasteiger partial charge in [-0.15, -0.1) is 0 Å². The van der Waals surface area contributed by atoms with E-state index in [1.165, 1.54) is 24.3 Å². The van der Waals surface area contributed by atoms with Crippen LogP contribution in [0.25, 0.3) is 0 Å². The third-order valence-electron chi connectivity index (χ3n) is 4.02. The highest BCUT2D eigenvalue weighted by molar-refractivity contribution is 9.10. The molecule has 148 valence electrons. The minimum absolute atomic E-state index is 0.178. The first-order chi connectivity index (χ1) is 13.3. The average molecular weight is 492 g/mol. The number of urea groups is 1. The number of nitrogens with one attached hydrogen (secondary N) is 1. The molecule has 1 fully saturated rings. The van der Waals surface area contributed by atoms with Gasteiger partial charge in [0.15, 0.2) is 0 Å². The molecule has 1 heterocycles. The van der Waals surface area contributed by atoms with Crippen LogP contribution in [0.3, 0.4) is 0 Å². The van der Waals surface area contributed by atoms with E-state index in [2.05, 4.69) is 21.2 Å². The highest BCUT2D eigenvalue weighted by Gasteiger charge is 2.40. The molecule has 1 aliphatic rings. The van der Waals surface area contributed by atoms with E-state index in [0.717, 1.165) is 4.90 Å². The number of aliphatic hydroxyl groups excluding tert-OH is 1. The summed E-state index contributed by atoms with van der Waals surface area (Å²) < 4.78 is 19.0. The number of ether oxygens (including phenoxy) is 1. The largest absolute Gasteiger partial charge is 0.489 e. The van der Waals surface area contributed by atoms with Crippen LogP contribution in [-0.4, -0.2) is 41.2 Å². The minimum Gasteiger partial charge on any atom is -0.489 e. The zero-order valence-corrected chi connectivity index (χ0v) is 17.3. The SMILES string of the molecule is O=C1N[C@@H](c2ccc(F)c(Br)c2)C(=O)N1C[C@H](O)COc1cc(Cl)ccc1Cl. The lowest BCUT2D eigenvalue weighted by Gasteiger charge is -2.18. The van der Waals surface area contributed by atoms with Crippen molar-refractivity contribution in [3.05, 3.63) is 62.3 Å². The molecule has 0 saturated carbocycles. The Morgan fingerprint density at radius 3 is 2.71 bits per heavy atom. The molecular weight excluding hydrogens is 478 g/mol. The van der Waals surface area contributed by atoms with E-state index in [9.17, 15) is 19.1 Å². The van der Waals surface area contributed by atoms with Gasteiger partial charge in [-0.05, 0) is 45.8 Å². The predicted octanol–water partition coefficient (Wildman–Crippen LogP) is 3.93. The van der Waals surface area contributed by atoms with Crippen molar-refractivity contribution in [3.8, 4) is 5.75 Å². The Bertz CT molecular complexity index is 930. The van der Waals surface area contributed by atoms with Gasteiger partial charge in [0.2, 0.25) is 0 Å². The average Bonchev–Trinajstić information content (AvgIpc) is 2.93. The topological polar surface area (TPSA) is 78.9 Å². The third kappa shape index (κ3) is 4.57. The molecule has 0 radical (unpaired) electrons. The third-order valence-corrected chi connectivity index (χ3v) is 5.18.